The standard InChI is InChI=1S/C20H23N3O4/c21-10-12-26-17-8-6-15(7-9-17)22-19(24)14-3-1-4-16(13-14)23-20(25)18-5-2-11-27-18/h1,3-4,6-9,13,18H,2,5,10-12,21H2,(H,22,24)(H,23,25). The van der Waals surface area contributed by atoms with Crippen LogP contribution in [0.4, 0.5) is 11.4 Å². The van der Waals surface area contributed by atoms with Crippen LogP contribution in [-0.4, -0.2) is 37.7 Å². The van der Waals surface area contributed by atoms with E-state index in [-0.39, 0.29) is 11.8 Å². The number of ether oxygens (including phenoxy) is 2. The average Bonchev–Trinajstić information content (AvgIpc) is 3.23. The minimum Gasteiger partial charge on any atom is -0.492 e. The summed E-state index contributed by atoms with van der Waals surface area (Å²) >= 11 is 0. The lowest BCUT2D eigenvalue weighted by Gasteiger charge is -2.12. The molecule has 2 amide bonds. The van der Waals surface area contributed by atoms with E-state index in [2.05, 4.69) is 10.6 Å². The quantitative estimate of drug-likeness (QED) is 0.695. The van der Waals surface area contributed by atoms with Gasteiger partial charge in [0.25, 0.3) is 11.8 Å². The SMILES string of the molecule is NCCOc1ccc(NC(=O)c2cccc(NC(=O)C3CCCO3)c2)cc1. The Bertz CT molecular complexity index is 786. The molecule has 142 valence electrons. The molecule has 0 aliphatic carbocycles. The average molecular weight is 369 g/mol. The van der Waals surface area contributed by atoms with Gasteiger partial charge in [-0.15, -0.1) is 0 Å². The van der Waals surface area contributed by atoms with Gasteiger partial charge in [0, 0.05) is 30.1 Å². The van der Waals surface area contributed by atoms with Gasteiger partial charge >= 0.3 is 0 Å². The maximum absolute atomic E-state index is 12.5. The highest BCUT2D eigenvalue weighted by molar-refractivity contribution is 6.05. The Morgan fingerprint density at radius 2 is 1.93 bits per heavy atom. The highest BCUT2D eigenvalue weighted by Crippen LogP contribution is 2.19. The van der Waals surface area contributed by atoms with Gasteiger partial charge in [-0.2, -0.15) is 0 Å². The fourth-order valence-corrected chi connectivity index (χ4v) is 2.76. The van der Waals surface area contributed by atoms with Crippen molar-refractivity contribution < 1.29 is 19.1 Å². The van der Waals surface area contributed by atoms with Gasteiger partial charge in [-0.05, 0) is 55.3 Å². The van der Waals surface area contributed by atoms with E-state index in [0.29, 0.717) is 42.4 Å². The second-order valence-electron chi connectivity index (χ2n) is 6.19. The number of hydrogen-bond acceptors (Lipinski definition) is 5. The molecule has 0 bridgehead atoms. The van der Waals surface area contributed by atoms with Gasteiger partial charge < -0.3 is 25.8 Å². The van der Waals surface area contributed by atoms with Crippen LogP contribution in [0.1, 0.15) is 23.2 Å². The number of anilines is 2. The van der Waals surface area contributed by atoms with Crippen LogP contribution in [-0.2, 0) is 9.53 Å². The topological polar surface area (TPSA) is 103 Å². The van der Waals surface area contributed by atoms with Gasteiger partial charge in [0.1, 0.15) is 18.5 Å². The Hall–Kier alpha value is -2.90. The first-order chi connectivity index (χ1) is 13.2. The van der Waals surface area contributed by atoms with Crippen molar-refractivity contribution in [1.29, 1.82) is 0 Å². The Kier molecular flexibility index (Phi) is 6.40. The number of rotatable bonds is 7. The van der Waals surface area contributed by atoms with Crippen LogP contribution in [0.15, 0.2) is 48.5 Å². The molecular formula is C20H23N3O4. The van der Waals surface area contributed by atoms with E-state index in [4.69, 9.17) is 15.2 Å². The summed E-state index contributed by atoms with van der Waals surface area (Å²) in [6.07, 6.45) is 1.19. The number of amides is 2. The molecular weight excluding hydrogens is 346 g/mol. The van der Waals surface area contributed by atoms with Gasteiger partial charge in [0.2, 0.25) is 0 Å². The summed E-state index contributed by atoms with van der Waals surface area (Å²) < 4.78 is 10.8. The first-order valence-electron chi connectivity index (χ1n) is 8.92. The van der Waals surface area contributed by atoms with Gasteiger partial charge in [-0.1, -0.05) is 6.07 Å². The summed E-state index contributed by atoms with van der Waals surface area (Å²) in [5.41, 5.74) is 7.06. The third-order valence-electron chi connectivity index (χ3n) is 4.11. The predicted molar refractivity (Wildman–Crippen MR) is 103 cm³/mol. The van der Waals surface area contributed by atoms with Crippen LogP contribution in [0.2, 0.25) is 0 Å². The molecule has 1 heterocycles. The molecule has 1 aliphatic heterocycles. The molecule has 0 saturated carbocycles. The molecule has 1 unspecified atom stereocenters. The summed E-state index contributed by atoms with van der Waals surface area (Å²) in [7, 11) is 0. The van der Waals surface area contributed by atoms with E-state index < -0.39 is 6.10 Å². The highest BCUT2D eigenvalue weighted by atomic mass is 16.5. The zero-order valence-corrected chi connectivity index (χ0v) is 14.9. The van der Waals surface area contributed by atoms with E-state index in [9.17, 15) is 9.59 Å². The van der Waals surface area contributed by atoms with Gasteiger partial charge in [-0.3, -0.25) is 9.59 Å². The zero-order chi connectivity index (χ0) is 19.1. The number of nitrogens with two attached hydrogens (primary N) is 1. The molecule has 3 rings (SSSR count). The molecule has 1 aliphatic rings. The molecule has 1 fully saturated rings. The van der Waals surface area contributed by atoms with Gasteiger partial charge in [0.05, 0.1) is 0 Å². The van der Waals surface area contributed by atoms with Crippen molar-refractivity contribution in [3.05, 3.63) is 54.1 Å². The molecule has 0 radical (unpaired) electrons. The zero-order valence-electron chi connectivity index (χ0n) is 14.9. The summed E-state index contributed by atoms with van der Waals surface area (Å²) in [5, 5.41) is 5.62. The molecule has 0 aromatic heterocycles. The van der Waals surface area contributed by atoms with Crippen LogP contribution in [0.3, 0.4) is 0 Å². The highest BCUT2D eigenvalue weighted by Gasteiger charge is 2.23. The molecule has 1 atom stereocenters. The van der Waals surface area contributed by atoms with Crippen LogP contribution in [0.25, 0.3) is 0 Å². The molecule has 27 heavy (non-hydrogen) atoms. The maximum Gasteiger partial charge on any atom is 0.255 e. The fraction of sp³-hybridized carbons (Fsp3) is 0.300. The number of carbonyl (C=O) groups is 2. The van der Waals surface area contributed by atoms with E-state index in [1.54, 1.807) is 48.5 Å². The fourth-order valence-electron chi connectivity index (χ4n) is 2.76. The Morgan fingerprint density at radius 1 is 1.11 bits per heavy atom. The predicted octanol–water partition coefficient (Wildman–Crippen LogP) is 2.39. The number of carbonyl (C=O) groups excluding carboxylic acids is 2. The van der Waals surface area contributed by atoms with Crippen molar-refractivity contribution in [1.82, 2.24) is 0 Å². The maximum atomic E-state index is 12.5. The molecule has 7 heteroatoms. The van der Waals surface area contributed by atoms with Crippen molar-refractivity contribution >= 4 is 23.2 Å². The van der Waals surface area contributed by atoms with Crippen molar-refractivity contribution in [2.45, 2.75) is 18.9 Å². The normalized spacial score (nSPS) is 16.0. The molecule has 7 nitrogen and oxygen atoms in total. The molecule has 0 spiro atoms. The lowest BCUT2D eigenvalue weighted by molar-refractivity contribution is -0.124. The van der Waals surface area contributed by atoms with Crippen molar-refractivity contribution in [2.75, 3.05) is 30.4 Å². The van der Waals surface area contributed by atoms with Crippen LogP contribution in [0.5, 0.6) is 5.75 Å². The number of benzene rings is 2. The molecule has 2 aromatic rings. The summed E-state index contributed by atoms with van der Waals surface area (Å²) in [4.78, 5) is 24.6. The summed E-state index contributed by atoms with van der Waals surface area (Å²) in [6.45, 7) is 1.49. The van der Waals surface area contributed by atoms with E-state index in [1.807, 2.05) is 0 Å². The van der Waals surface area contributed by atoms with E-state index in [1.165, 1.54) is 0 Å². The summed E-state index contributed by atoms with van der Waals surface area (Å²) in [5.74, 6) is 0.245. The third kappa shape index (κ3) is 5.29. The molecule has 4 N–H and O–H groups in total. The third-order valence-corrected chi connectivity index (χ3v) is 4.11. The number of nitrogens with one attached hydrogen (secondary N) is 2. The van der Waals surface area contributed by atoms with E-state index in [0.717, 1.165) is 12.8 Å². The second kappa shape index (κ2) is 9.16. The number of hydrogen-bond donors (Lipinski definition) is 3. The van der Waals surface area contributed by atoms with E-state index >= 15 is 0 Å². The van der Waals surface area contributed by atoms with Crippen LogP contribution < -0.4 is 21.1 Å². The van der Waals surface area contributed by atoms with Crippen molar-refractivity contribution in [3.63, 3.8) is 0 Å². The smallest absolute Gasteiger partial charge is 0.255 e. The van der Waals surface area contributed by atoms with Gasteiger partial charge in [-0.25, -0.2) is 0 Å². The first-order valence-corrected chi connectivity index (χ1v) is 8.92. The molecule has 2 aromatic carbocycles. The first kappa shape index (κ1) is 18.9. The second-order valence-corrected chi connectivity index (χ2v) is 6.19. The summed E-state index contributed by atoms with van der Waals surface area (Å²) in [6, 6.07) is 13.8. The van der Waals surface area contributed by atoms with Crippen molar-refractivity contribution in [3.8, 4) is 5.75 Å². The van der Waals surface area contributed by atoms with Crippen LogP contribution >= 0.6 is 0 Å². The van der Waals surface area contributed by atoms with Crippen LogP contribution in [0, 0.1) is 0 Å². The Labute approximate surface area is 157 Å². The van der Waals surface area contributed by atoms with Crippen molar-refractivity contribution in [2.24, 2.45) is 5.73 Å². The largest absolute Gasteiger partial charge is 0.492 e. The monoisotopic (exact) mass is 369 g/mol. The Balaban J connectivity index is 1.60. The minimum atomic E-state index is -0.414. The lowest BCUT2D eigenvalue weighted by Crippen LogP contribution is -2.27. The Morgan fingerprint density at radius 3 is 2.63 bits per heavy atom. The minimum absolute atomic E-state index is 0.182. The molecule has 1 saturated heterocycles. The lowest BCUT2D eigenvalue weighted by atomic mass is 10.1. The van der Waals surface area contributed by atoms with Gasteiger partial charge in [0.15, 0.2) is 0 Å².